The first-order valence-corrected chi connectivity index (χ1v) is 7.63. The molecule has 0 aliphatic heterocycles. The van der Waals surface area contributed by atoms with Crippen LogP contribution in [0.5, 0.6) is 5.75 Å². The molecule has 0 saturated carbocycles. The largest absolute Gasteiger partial charge is 0.493 e. The molecule has 1 aromatic rings. The normalized spacial score (nSPS) is 11.6. The van der Waals surface area contributed by atoms with E-state index in [-0.39, 0.29) is 0 Å². The summed E-state index contributed by atoms with van der Waals surface area (Å²) in [5, 5.41) is 0. The number of hydrogen-bond donors (Lipinski definition) is 1. The first kappa shape index (κ1) is 16.6. The van der Waals surface area contributed by atoms with Gasteiger partial charge in [0.15, 0.2) is 0 Å². The third-order valence-corrected chi connectivity index (χ3v) is 3.55. The van der Waals surface area contributed by atoms with Crippen LogP contribution in [0.2, 0.25) is 0 Å². The SMILES string of the molecule is CCCCC(CC)COc1ccc(C#CCN)c(C)c1. The molecule has 2 heteroatoms. The molecule has 0 aliphatic carbocycles. The molecule has 2 nitrogen and oxygen atoms in total. The lowest BCUT2D eigenvalue weighted by molar-refractivity contribution is 0.233. The van der Waals surface area contributed by atoms with E-state index in [0.717, 1.165) is 23.5 Å². The minimum Gasteiger partial charge on any atom is -0.493 e. The van der Waals surface area contributed by atoms with Crippen LogP contribution < -0.4 is 10.5 Å². The molecule has 0 fully saturated rings. The average Bonchev–Trinajstić information content (AvgIpc) is 2.46. The van der Waals surface area contributed by atoms with E-state index in [1.54, 1.807) is 0 Å². The van der Waals surface area contributed by atoms with E-state index in [0.29, 0.717) is 12.5 Å². The van der Waals surface area contributed by atoms with Crippen molar-refractivity contribution in [2.45, 2.75) is 46.5 Å². The fourth-order valence-corrected chi connectivity index (χ4v) is 2.12. The third-order valence-electron chi connectivity index (χ3n) is 3.55. The fourth-order valence-electron chi connectivity index (χ4n) is 2.12. The molecule has 1 aromatic carbocycles. The number of ether oxygens (including phenoxy) is 1. The summed E-state index contributed by atoms with van der Waals surface area (Å²) in [6.07, 6.45) is 4.98. The van der Waals surface area contributed by atoms with Crippen molar-refractivity contribution in [3.8, 4) is 17.6 Å². The number of nitrogens with two attached hydrogens (primary N) is 1. The van der Waals surface area contributed by atoms with Gasteiger partial charge in [-0.05, 0) is 43.0 Å². The van der Waals surface area contributed by atoms with Crippen LogP contribution in [0.3, 0.4) is 0 Å². The number of hydrogen-bond acceptors (Lipinski definition) is 2. The smallest absolute Gasteiger partial charge is 0.119 e. The number of unbranched alkanes of at least 4 members (excludes halogenated alkanes) is 1. The van der Waals surface area contributed by atoms with Gasteiger partial charge in [0.25, 0.3) is 0 Å². The highest BCUT2D eigenvalue weighted by Crippen LogP contribution is 2.19. The third kappa shape index (κ3) is 5.67. The van der Waals surface area contributed by atoms with Crippen molar-refractivity contribution in [3.05, 3.63) is 29.3 Å². The quantitative estimate of drug-likeness (QED) is 0.765. The molecule has 0 aromatic heterocycles. The Balaban J connectivity index is 2.58. The fraction of sp³-hybridized carbons (Fsp3) is 0.556. The second-order valence-electron chi connectivity index (χ2n) is 5.21. The number of rotatable bonds is 7. The Morgan fingerprint density at radius 3 is 2.70 bits per heavy atom. The van der Waals surface area contributed by atoms with Gasteiger partial charge in [-0.1, -0.05) is 45.0 Å². The highest BCUT2D eigenvalue weighted by molar-refractivity contribution is 5.44. The molecule has 0 heterocycles. The summed E-state index contributed by atoms with van der Waals surface area (Å²) in [7, 11) is 0. The molecular formula is C18H27NO. The lowest BCUT2D eigenvalue weighted by atomic mass is 10.0. The Morgan fingerprint density at radius 2 is 2.10 bits per heavy atom. The molecule has 1 unspecified atom stereocenters. The van der Waals surface area contributed by atoms with Crippen molar-refractivity contribution >= 4 is 0 Å². The standard InChI is InChI=1S/C18H27NO/c1-4-6-8-16(5-2)14-20-18-11-10-17(9-7-12-19)15(3)13-18/h10-11,13,16H,4-6,8,12,14,19H2,1-3H3. The van der Waals surface area contributed by atoms with Crippen molar-refractivity contribution in [1.29, 1.82) is 0 Å². The van der Waals surface area contributed by atoms with Gasteiger partial charge in [0, 0.05) is 5.56 Å². The minimum atomic E-state index is 0.396. The van der Waals surface area contributed by atoms with Gasteiger partial charge in [-0.15, -0.1) is 0 Å². The Hall–Kier alpha value is -1.46. The highest BCUT2D eigenvalue weighted by Gasteiger charge is 2.07. The molecule has 0 radical (unpaired) electrons. The van der Waals surface area contributed by atoms with E-state index in [1.807, 2.05) is 12.1 Å². The lowest BCUT2D eigenvalue weighted by Gasteiger charge is -2.16. The van der Waals surface area contributed by atoms with E-state index in [1.165, 1.54) is 25.7 Å². The van der Waals surface area contributed by atoms with Gasteiger partial charge in [-0.3, -0.25) is 0 Å². The molecule has 0 spiro atoms. The van der Waals surface area contributed by atoms with Crippen LogP contribution in [-0.4, -0.2) is 13.2 Å². The molecule has 0 amide bonds. The number of benzene rings is 1. The maximum absolute atomic E-state index is 5.92. The molecule has 0 saturated heterocycles. The van der Waals surface area contributed by atoms with Gasteiger partial charge in [0.2, 0.25) is 0 Å². The Labute approximate surface area is 123 Å². The first-order chi connectivity index (χ1) is 9.71. The van der Waals surface area contributed by atoms with Crippen LogP contribution in [0.4, 0.5) is 0 Å². The molecule has 0 bridgehead atoms. The summed E-state index contributed by atoms with van der Waals surface area (Å²) in [4.78, 5) is 0. The Kier molecular flexibility index (Phi) is 7.84. The van der Waals surface area contributed by atoms with Gasteiger partial charge < -0.3 is 10.5 Å². The lowest BCUT2D eigenvalue weighted by Crippen LogP contribution is -2.11. The second-order valence-corrected chi connectivity index (χ2v) is 5.21. The van der Waals surface area contributed by atoms with Gasteiger partial charge >= 0.3 is 0 Å². The van der Waals surface area contributed by atoms with Crippen LogP contribution in [0.25, 0.3) is 0 Å². The summed E-state index contributed by atoms with van der Waals surface area (Å²) >= 11 is 0. The number of aryl methyl sites for hydroxylation is 1. The average molecular weight is 273 g/mol. The van der Waals surface area contributed by atoms with Crippen molar-refractivity contribution in [2.75, 3.05) is 13.2 Å². The summed E-state index contributed by atoms with van der Waals surface area (Å²) in [6.45, 7) is 7.73. The maximum Gasteiger partial charge on any atom is 0.119 e. The summed E-state index contributed by atoms with van der Waals surface area (Å²) < 4.78 is 5.92. The molecule has 0 aliphatic rings. The van der Waals surface area contributed by atoms with E-state index >= 15 is 0 Å². The van der Waals surface area contributed by atoms with Gasteiger partial charge in [0.1, 0.15) is 5.75 Å². The van der Waals surface area contributed by atoms with E-state index in [9.17, 15) is 0 Å². The molecule has 2 N–H and O–H groups in total. The van der Waals surface area contributed by atoms with Crippen LogP contribution in [0.1, 0.15) is 50.7 Å². The molecule has 20 heavy (non-hydrogen) atoms. The van der Waals surface area contributed by atoms with E-state index < -0.39 is 0 Å². The highest BCUT2D eigenvalue weighted by atomic mass is 16.5. The van der Waals surface area contributed by atoms with E-state index in [4.69, 9.17) is 10.5 Å². The topological polar surface area (TPSA) is 35.2 Å². The van der Waals surface area contributed by atoms with Crippen LogP contribution >= 0.6 is 0 Å². The van der Waals surface area contributed by atoms with Crippen LogP contribution in [0, 0.1) is 24.7 Å². The van der Waals surface area contributed by atoms with Gasteiger partial charge in [-0.25, -0.2) is 0 Å². The molecule has 1 rings (SSSR count). The Morgan fingerprint density at radius 1 is 1.30 bits per heavy atom. The zero-order valence-corrected chi connectivity index (χ0v) is 13.0. The first-order valence-electron chi connectivity index (χ1n) is 7.63. The van der Waals surface area contributed by atoms with E-state index in [2.05, 4.69) is 38.7 Å². The zero-order chi connectivity index (χ0) is 14.8. The van der Waals surface area contributed by atoms with Gasteiger partial charge in [-0.2, -0.15) is 0 Å². The van der Waals surface area contributed by atoms with Crippen molar-refractivity contribution in [2.24, 2.45) is 11.7 Å². The molecule has 1 atom stereocenters. The predicted molar refractivity (Wildman–Crippen MR) is 85.9 cm³/mol. The summed E-state index contributed by atoms with van der Waals surface area (Å²) in [5.41, 5.74) is 7.57. The van der Waals surface area contributed by atoms with Crippen molar-refractivity contribution in [3.63, 3.8) is 0 Å². The van der Waals surface area contributed by atoms with Crippen molar-refractivity contribution < 1.29 is 4.74 Å². The van der Waals surface area contributed by atoms with Crippen LogP contribution in [-0.2, 0) is 0 Å². The minimum absolute atomic E-state index is 0.396. The predicted octanol–water partition coefficient (Wildman–Crippen LogP) is 3.90. The zero-order valence-electron chi connectivity index (χ0n) is 13.0. The maximum atomic E-state index is 5.92. The van der Waals surface area contributed by atoms with Crippen LogP contribution in [0.15, 0.2) is 18.2 Å². The second kappa shape index (κ2) is 9.44. The monoisotopic (exact) mass is 273 g/mol. The van der Waals surface area contributed by atoms with Gasteiger partial charge in [0.05, 0.1) is 13.2 Å². The molecule has 110 valence electrons. The summed E-state index contributed by atoms with van der Waals surface area (Å²) in [5.74, 6) is 7.56. The van der Waals surface area contributed by atoms with Crippen molar-refractivity contribution in [1.82, 2.24) is 0 Å². The summed E-state index contributed by atoms with van der Waals surface area (Å²) in [6, 6.07) is 6.08. The molecular weight excluding hydrogens is 246 g/mol. The Bertz CT molecular complexity index is 456.